The second-order valence-electron chi connectivity index (χ2n) is 15.3. The van der Waals surface area contributed by atoms with E-state index in [1.807, 2.05) is 0 Å². The first-order valence-electron chi connectivity index (χ1n) is 20.5. The Hall–Kier alpha value is -7.94. The molecule has 0 N–H and O–H groups in total. The van der Waals surface area contributed by atoms with E-state index in [4.69, 9.17) is 4.42 Å². The third-order valence-electron chi connectivity index (χ3n) is 11.7. The number of rotatable bonds is 8. The highest BCUT2D eigenvalue weighted by Gasteiger charge is 2.21. The Balaban J connectivity index is 1.03. The van der Waals surface area contributed by atoms with Crippen LogP contribution in [0.3, 0.4) is 0 Å². The fourth-order valence-electron chi connectivity index (χ4n) is 8.69. The van der Waals surface area contributed by atoms with Crippen LogP contribution in [0.1, 0.15) is 0 Å². The second kappa shape index (κ2) is 15.1. The van der Waals surface area contributed by atoms with Crippen molar-refractivity contribution in [3.05, 3.63) is 237 Å². The molecule has 0 aliphatic carbocycles. The van der Waals surface area contributed by atoms with E-state index in [1.54, 1.807) is 0 Å². The Bertz CT molecular complexity index is 3260. The predicted molar refractivity (Wildman–Crippen MR) is 253 cm³/mol. The Morgan fingerprint density at radius 1 is 0.300 bits per heavy atom. The average Bonchev–Trinajstić information content (AvgIpc) is 3.73. The molecule has 0 saturated carbocycles. The maximum absolute atomic E-state index is 6.69. The van der Waals surface area contributed by atoms with Gasteiger partial charge in [0.2, 0.25) is 0 Å². The van der Waals surface area contributed by atoms with Gasteiger partial charge in [-0.1, -0.05) is 188 Å². The van der Waals surface area contributed by atoms with E-state index >= 15 is 0 Å². The maximum atomic E-state index is 6.69. The minimum atomic E-state index is 0.863. The van der Waals surface area contributed by atoms with Gasteiger partial charge in [0.25, 0.3) is 0 Å². The van der Waals surface area contributed by atoms with Gasteiger partial charge in [-0.25, -0.2) is 0 Å². The van der Waals surface area contributed by atoms with Crippen LogP contribution in [0.25, 0.3) is 88.3 Å². The van der Waals surface area contributed by atoms with Crippen molar-refractivity contribution in [2.75, 3.05) is 4.90 Å². The van der Waals surface area contributed by atoms with Crippen molar-refractivity contribution in [2.45, 2.75) is 0 Å². The van der Waals surface area contributed by atoms with E-state index in [0.29, 0.717) is 0 Å². The molecular formula is C58H39NO. The van der Waals surface area contributed by atoms with Gasteiger partial charge in [0.15, 0.2) is 0 Å². The molecule has 0 unspecified atom stereocenters. The Labute approximate surface area is 349 Å². The van der Waals surface area contributed by atoms with Gasteiger partial charge in [0.05, 0.1) is 11.1 Å². The van der Waals surface area contributed by atoms with Gasteiger partial charge in [-0.2, -0.15) is 0 Å². The summed E-state index contributed by atoms with van der Waals surface area (Å²) in [6.45, 7) is 0. The van der Waals surface area contributed by atoms with Crippen LogP contribution in [0, 0.1) is 0 Å². The zero-order valence-electron chi connectivity index (χ0n) is 32.9. The smallest absolute Gasteiger partial charge is 0.143 e. The summed E-state index contributed by atoms with van der Waals surface area (Å²) in [5, 5.41) is 4.47. The third kappa shape index (κ3) is 6.41. The first-order valence-corrected chi connectivity index (χ1v) is 20.5. The van der Waals surface area contributed by atoms with Gasteiger partial charge in [0, 0.05) is 22.1 Å². The lowest BCUT2D eigenvalue weighted by Gasteiger charge is -2.27. The van der Waals surface area contributed by atoms with Crippen molar-refractivity contribution in [3.63, 3.8) is 0 Å². The van der Waals surface area contributed by atoms with Crippen LogP contribution in [0.4, 0.5) is 17.1 Å². The summed E-state index contributed by atoms with van der Waals surface area (Å²) in [5.41, 5.74) is 16.9. The van der Waals surface area contributed by atoms with Crippen molar-refractivity contribution >= 4 is 49.8 Å². The molecule has 0 radical (unpaired) electrons. The van der Waals surface area contributed by atoms with Crippen LogP contribution < -0.4 is 4.90 Å². The van der Waals surface area contributed by atoms with Gasteiger partial charge >= 0.3 is 0 Å². The first-order chi connectivity index (χ1) is 29.7. The van der Waals surface area contributed by atoms with Gasteiger partial charge in [-0.3, -0.25) is 0 Å². The van der Waals surface area contributed by atoms with Crippen molar-refractivity contribution in [3.8, 4) is 55.6 Å². The van der Waals surface area contributed by atoms with E-state index in [-0.39, 0.29) is 0 Å². The normalized spacial score (nSPS) is 11.3. The van der Waals surface area contributed by atoms with Crippen molar-refractivity contribution in [2.24, 2.45) is 0 Å². The molecule has 0 bridgehead atoms. The number of hydrogen-bond donors (Lipinski definition) is 0. The lowest BCUT2D eigenvalue weighted by atomic mass is 9.91. The molecule has 0 aliphatic heterocycles. The molecule has 282 valence electrons. The van der Waals surface area contributed by atoms with Crippen LogP contribution in [0.2, 0.25) is 0 Å². The molecule has 0 atom stereocenters. The minimum Gasteiger partial charge on any atom is -0.455 e. The molecule has 10 aromatic carbocycles. The second-order valence-corrected chi connectivity index (χ2v) is 15.3. The van der Waals surface area contributed by atoms with Crippen molar-refractivity contribution < 1.29 is 4.42 Å². The molecule has 60 heavy (non-hydrogen) atoms. The summed E-state index contributed by atoms with van der Waals surface area (Å²) in [4.78, 5) is 2.37. The largest absolute Gasteiger partial charge is 0.455 e. The van der Waals surface area contributed by atoms with Crippen LogP contribution in [0.5, 0.6) is 0 Å². The van der Waals surface area contributed by atoms with E-state index in [1.165, 1.54) is 50.1 Å². The third-order valence-corrected chi connectivity index (χ3v) is 11.7. The fraction of sp³-hybridized carbons (Fsp3) is 0. The summed E-state index contributed by atoms with van der Waals surface area (Å²) >= 11 is 0. The highest BCUT2D eigenvalue weighted by Crippen LogP contribution is 2.45. The molecule has 1 heterocycles. The first kappa shape index (κ1) is 35.2. The lowest BCUT2D eigenvalue weighted by Crippen LogP contribution is -2.10. The van der Waals surface area contributed by atoms with Crippen molar-refractivity contribution in [1.82, 2.24) is 0 Å². The monoisotopic (exact) mass is 765 g/mol. The van der Waals surface area contributed by atoms with E-state index in [2.05, 4.69) is 241 Å². The Morgan fingerprint density at radius 2 is 0.783 bits per heavy atom. The molecular weight excluding hydrogens is 727 g/mol. The van der Waals surface area contributed by atoms with Gasteiger partial charge in [-0.05, 0) is 110 Å². The van der Waals surface area contributed by atoms with E-state index in [9.17, 15) is 0 Å². The minimum absolute atomic E-state index is 0.863. The predicted octanol–water partition coefficient (Wildman–Crippen LogP) is 16.5. The van der Waals surface area contributed by atoms with Crippen LogP contribution in [-0.2, 0) is 0 Å². The molecule has 0 amide bonds. The van der Waals surface area contributed by atoms with Crippen LogP contribution in [-0.4, -0.2) is 0 Å². The molecule has 11 rings (SSSR count). The molecule has 2 heteroatoms. The molecule has 0 saturated heterocycles. The quantitative estimate of drug-likeness (QED) is 0.153. The van der Waals surface area contributed by atoms with Crippen LogP contribution >= 0.6 is 0 Å². The summed E-state index contributed by atoms with van der Waals surface area (Å²) < 4.78 is 6.69. The molecule has 1 aromatic heterocycles. The number of hydrogen-bond acceptors (Lipinski definition) is 2. The summed E-state index contributed by atoms with van der Waals surface area (Å²) in [7, 11) is 0. The van der Waals surface area contributed by atoms with E-state index < -0.39 is 0 Å². The average molecular weight is 766 g/mol. The molecule has 0 fully saturated rings. The SMILES string of the molecule is c1ccc(-c2ccc(-c3ccc(N(c4ccc(-c5ccc(-c6ccccc6)cc5-c5ccccc5)cc4)c4cccc5oc6c7ccccc7ccc6c45)cc3)cc2)cc1. The summed E-state index contributed by atoms with van der Waals surface area (Å²) in [6, 6.07) is 84.8. The Kier molecular flexibility index (Phi) is 8.87. The Morgan fingerprint density at radius 3 is 1.42 bits per heavy atom. The van der Waals surface area contributed by atoms with Crippen molar-refractivity contribution in [1.29, 1.82) is 0 Å². The molecule has 11 aromatic rings. The number of nitrogens with zero attached hydrogens (tertiary/aromatic N) is 1. The zero-order chi connectivity index (χ0) is 39.8. The lowest BCUT2D eigenvalue weighted by molar-refractivity contribution is 0.672. The zero-order valence-corrected chi connectivity index (χ0v) is 32.9. The highest BCUT2D eigenvalue weighted by atomic mass is 16.3. The summed E-state index contributed by atoms with van der Waals surface area (Å²) in [6.07, 6.45) is 0. The van der Waals surface area contributed by atoms with Crippen LogP contribution in [0.15, 0.2) is 241 Å². The molecule has 0 spiro atoms. The topological polar surface area (TPSA) is 16.4 Å². The van der Waals surface area contributed by atoms with Gasteiger partial charge < -0.3 is 9.32 Å². The maximum Gasteiger partial charge on any atom is 0.143 e. The number of fused-ring (bicyclic) bond motifs is 5. The molecule has 0 aliphatic rings. The standard InChI is InChI=1S/C58H39NO/c1-4-13-40(14-5-1)42-23-25-43(26-24-42)44-27-33-49(34-28-44)59(55-21-12-22-56-57(55)53-38-31-46-19-10-11-20-52(46)58(53)60-56)50-35-29-47(30-36-50)51-37-32-48(41-15-6-2-7-16-41)39-54(51)45-17-8-3-9-18-45/h1-39H. The molecule has 2 nitrogen and oxygen atoms in total. The van der Waals surface area contributed by atoms with E-state index in [0.717, 1.165) is 55.3 Å². The fourth-order valence-corrected chi connectivity index (χ4v) is 8.69. The number of benzene rings is 10. The highest BCUT2D eigenvalue weighted by molar-refractivity contribution is 6.19. The van der Waals surface area contributed by atoms with Gasteiger partial charge in [-0.15, -0.1) is 0 Å². The summed E-state index contributed by atoms with van der Waals surface area (Å²) in [5.74, 6) is 0. The van der Waals surface area contributed by atoms with Gasteiger partial charge in [0.1, 0.15) is 11.2 Å². The number of furan rings is 1. The number of anilines is 3.